The number of anilines is 1. The maximum Gasteiger partial charge on any atom is 0.397 e. The molecule has 0 aliphatic carbocycles. The fraction of sp³-hybridized carbons (Fsp3) is 0.571. The van der Waals surface area contributed by atoms with Crippen molar-refractivity contribution in [2.24, 2.45) is 17.1 Å². The van der Waals surface area contributed by atoms with Gasteiger partial charge >= 0.3 is 6.18 Å². The summed E-state index contributed by atoms with van der Waals surface area (Å²) in [5.74, 6) is 0.761. The standard InChI is InChI=1S/C21H28F3N5O2/c1-13-10-20(4,5)28(11-13)18-14(17(25)30)6-7-15(26-18)29-9-8-16(27-29)31-12-19(2,3)21(22,23)24/h6-9,13H,10-12H2,1-5H3,(H2,25,30). The SMILES string of the molecule is CC1CN(c2nc(-n3ccc(OCC(C)(C)C(F)(F)F)n3)ccc2C(N)=O)C(C)(C)C1. The van der Waals surface area contributed by atoms with E-state index in [0.29, 0.717) is 23.1 Å². The minimum atomic E-state index is -4.39. The zero-order valence-corrected chi connectivity index (χ0v) is 18.3. The van der Waals surface area contributed by atoms with Crippen LogP contribution in [0.4, 0.5) is 19.0 Å². The zero-order valence-electron chi connectivity index (χ0n) is 18.3. The number of aromatic nitrogens is 3. The van der Waals surface area contributed by atoms with Gasteiger partial charge in [-0.15, -0.1) is 5.10 Å². The maximum atomic E-state index is 13.0. The Hall–Kier alpha value is -2.78. The van der Waals surface area contributed by atoms with Crippen LogP contribution >= 0.6 is 0 Å². The molecule has 7 nitrogen and oxygen atoms in total. The molecule has 1 fully saturated rings. The Morgan fingerprint density at radius 2 is 1.97 bits per heavy atom. The van der Waals surface area contributed by atoms with E-state index in [2.05, 4.69) is 35.8 Å². The number of rotatable bonds is 6. The molecule has 2 aromatic rings. The molecule has 0 radical (unpaired) electrons. The first-order chi connectivity index (χ1) is 14.2. The Morgan fingerprint density at radius 1 is 1.29 bits per heavy atom. The first-order valence-corrected chi connectivity index (χ1v) is 10.1. The quantitative estimate of drug-likeness (QED) is 0.736. The van der Waals surface area contributed by atoms with Crippen LogP contribution in [-0.4, -0.2) is 45.5 Å². The summed E-state index contributed by atoms with van der Waals surface area (Å²) >= 11 is 0. The smallest absolute Gasteiger partial charge is 0.397 e. The van der Waals surface area contributed by atoms with Crippen LogP contribution in [0.25, 0.3) is 5.82 Å². The van der Waals surface area contributed by atoms with Crippen LogP contribution in [-0.2, 0) is 0 Å². The normalized spacial score (nSPS) is 19.0. The topological polar surface area (TPSA) is 86.3 Å². The molecule has 1 amide bonds. The van der Waals surface area contributed by atoms with Crippen molar-refractivity contribution < 1.29 is 22.7 Å². The van der Waals surface area contributed by atoms with Gasteiger partial charge in [0.2, 0.25) is 5.88 Å². The van der Waals surface area contributed by atoms with Gasteiger partial charge < -0.3 is 15.4 Å². The van der Waals surface area contributed by atoms with E-state index in [0.717, 1.165) is 26.8 Å². The van der Waals surface area contributed by atoms with Crippen molar-refractivity contribution in [3.63, 3.8) is 0 Å². The average molecular weight is 439 g/mol. The number of carbonyl (C=O) groups is 1. The first-order valence-electron chi connectivity index (χ1n) is 10.1. The number of amides is 1. The lowest BCUT2D eigenvalue weighted by molar-refractivity contribution is -0.219. The Morgan fingerprint density at radius 3 is 2.52 bits per heavy atom. The van der Waals surface area contributed by atoms with Crippen LogP contribution in [0.15, 0.2) is 24.4 Å². The first kappa shape index (κ1) is 22.9. The predicted molar refractivity (Wildman–Crippen MR) is 110 cm³/mol. The number of carbonyl (C=O) groups excluding carboxylic acids is 1. The lowest BCUT2D eigenvalue weighted by atomic mass is 9.94. The molecule has 1 aliphatic rings. The van der Waals surface area contributed by atoms with Gasteiger partial charge in [-0.05, 0) is 52.2 Å². The third-order valence-electron chi connectivity index (χ3n) is 5.60. The van der Waals surface area contributed by atoms with Crippen molar-refractivity contribution in [2.45, 2.75) is 52.8 Å². The average Bonchev–Trinajstić information content (AvgIpc) is 3.21. The van der Waals surface area contributed by atoms with Crippen molar-refractivity contribution in [3.8, 4) is 11.7 Å². The van der Waals surface area contributed by atoms with E-state index >= 15 is 0 Å². The lowest BCUT2D eigenvalue weighted by Crippen LogP contribution is -2.40. The number of halogens is 3. The maximum absolute atomic E-state index is 13.0. The second-order valence-electron chi connectivity index (χ2n) is 9.41. The number of alkyl halides is 3. The third-order valence-corrected chi connectivity index (χ3v) is 5.60. The highest BCUT2D eigenvalue weighted by Gasteiger charge is 2.48. The molecule has 10 heteroatoms. The number of pyridine rings is 1. The van der Waals surface area contributed by atoms with E-state index in [1.807, 2.05) is 0 Å². The van der Waals surface area contributed by atoms with E-state index in [1.165, 1.54) is 10.7 Å². The van der Waals surface area contributed by atoms with Gasteiger partial charge in [-0.25, -0.2) is 9.67 Å². The Kier molecular flexibility index (Phi) is 5.70. The molecule has 2 aromatic heterocycles. The van der Waals surface area contributed by atoms with Gasteiger partial charge in [0.05, 0.1) is 11.0 Å². The Bertz CT molecular complexity index is 968. The van der Waals surface area contributed by atoms with Crippen molar-refractivity contribution >= 4 is 11.7 Å². The molecule has 0 aromatic carbocycles. The summed E-state index contributed by atoms with van der Waals surface area (Å²) in [6, 6.07) is 4.65. The van der Waals surface area contributed by atoms with Crippen molar-refractivity contribution in [1.29, 1.82) is 0 Å². The largest absolute Gasteiger partial charge is 0.476 e. The molecule has 1 unspecified atom stereocenters. The molecule has 2 N–H and O–H groups in total. The van der Waals surface area contributed by atoms with Gasteiger partial charge in [0.25, 0.3) is 5.91 Å². The van der Waals surface area contributed by atoms with E-state index in [4.69, 9.17) is 10.5 Å². The summed E-state index contributed by atoms with van der Waals surface area (Å²) in [5, 5.41) is 4.19. The molecule has 3 heterocycles. The zero-order chi connectivity index (χ0) is 23.2. The van der Waals surface area contributed by atoms with E-state index in [9.17, 15) is 18.0 Å². The number of hydrogen-bond donors (Lipinski definition) is 1. The van der Waals surface area contributed by atoms with Crippen LogP contribution in [0.1, 0.15) is 51.4 Å². The van der Waals surface area contributed by atoms with Crippen LogP contribution in [0.2, 0.25) is 0 Å². The minimum Gasteiger partial charge on any atom is -0.476 e. The Labute approximate surface area is 179 Å². The third kappa shape index (κ3) is 4.62. The summed E-state index contributed by atoms with van der Waals surface area (Å²) in [4.78, 5) is 18.7. The highest BCUT2D eigenvalue weighted by atomic mass is 19.4. The molecule has 0 bridgehead atoms. The molecule has 3 rings (SSSR count). The van der Waals surface area contributed by atoms with Crippen LogP contribution in [0.3, 0.4) is 0 Å². The summed E-state index contributed by atoms with van der Waals surface area (Å²) in [6.45, 7) is 8.60. The highest BCUT2D eigenvalue weighted by molar-refractivity contribution is 5.98. The molecule has 31 heavy (non-hydrogen) atoms. The lowest BCUT2D eigenvalue weighted by Gasteiger charge is -2.33. The fourth-order valence-electron chi connectivity index (χ4n) is 3.77. The van der Waals surface area contributed by atoms with Gasteiger partial charge in [-0.2, -0.15) is 13.2 Å². The number of primary amides is 1. The van der Waals surface area contributed by atoms with E-state index < -0.39 is 24.1 Å². The summed E-state index contributed by atoms with van der Waals surface area (Å²) < 4.78 is 45.8. The van der Waals surface area contributed by atoms with Gasteiger partial charge in [0.15, 0.2) is 5.82 Å². The molecular formula is C21H28F3N5O2. The van der Waals surface area contributed by atoms with Crippen molar-refractivity contribution in [2.75, 3.05) is 18.1 Å². The number of ether oxygens (including phenoxy) is 1. The molecule has 1 saturated heterocycles. The monoisotopic (exact) mass is 439 g/mol. The molecule has 1 aliphatic heterocycles. The van der Waals surface area contributed by atoms with E-state index in [-0.39, 0.29) is 11.4 Å². The van der Waals surface area contributed by atoms with Crippen molar-refractivity contribution in [3.05, 3.63) is 30.0 Å². The van der Waals surface area contributed by atoms with E-state index in [1.54, 1.807) is 18.3 Å². The fourth-order valence-corrected chi connectivity index (χ4v) is 3.77. The minimum absolute atomic E-state index is 0.0507. The molecule has 0 saturated carbocycles. The second kappa shape index (κ2) is 7.72. The number of hydrogen-bond acceptors (Lipinski definition) is 5. The molecular weight excluding hydrogens is 411 g/mol. The molecule has 170 valence electrons. The molecule has 0 spiro atoms. The molecule has 1 atom stereocenters. The van der Waals surface area contributed by atoms with Crippen LogP contribution < -0.4 is 15.4 Å². The number of nitrogens with two attached hydrogens (primary N) is 1. The summed E-state index contributed by atoms with van der Waals surface area (Å²) in [5.41, 5.74) is 3.66. The number of nitrogens with zero attached hydrogens (tertiary/aromatic N) is 4. The second-order valence-corrected chi connectivity index (χ2v) is 9.41. The van der Waals surface area contributed by atoms with Gasteiger partial charge in [0.1, 0.15) is 12.4 Å². The van der Waals surface area contributed by atoms with Crippen LogP contribution in [0.5, 0.6) is 5.88 Å². The van der Waals surface area contributed by atoms with Crippen LogP contribution in [0, 0.1) is 11.3 Å². The highest BCUT2D eigenvalue weighted by Crippen LogP contribution is 2.38. The summed E-state index contributed by atoms with van der Waals surface area (Å²) in [7, 11) is 0. The predicted octanol–water partition coefficient (Wildman–Crippen LogP) is 3.96. The Balaban J connectivity index is 1.89. The van der Waals surface area contributed by atoms with Gasteiger partial charge in [-0.3, -0.25) is 4.79 Å². The summed E-state index contributed by atoms with van der Waals surface area (Å²) in [6.07, 6.45) is -1.91. The van der Waals surface area contributed by atoms with Crippen molar-refractivity contribution in [1.82, 2.24) is 14.8 Å². The van der Waals surface area contributed by atoms with Gasteiger partial charge in [-0.1, -0.05) is 6.92 Å². The van der Waals surface area contributed by atoms with Gasteiger partial charge in [0, 0.05) is 24.3 Å².